The maximum absolute atomic E-state index is 12.3. The number of ether oxygens (including phenoxy) is 1. The standard InChI is InChI=1S/C15H19ClF3N3O4S/c1-27(24,25)22-6-4-21(5-7-22)14(23)9-20-12-8-11(16)2-3-13(12)26-10-15(17,18)19/h2-3,8,20H,4-7,9-10H2,1H3. The van der Waals surface area contributed by atoms with Crippen molar-refractivity contribution in [2.24, 2.45) is 0 Å². The first kappa shape index (κ1) is 21.6. The molecule has 0 unspecified atom stereocenters. The number of nitrogens with zero attached hydrogens (tertiary/aromatic N) is 2. The molecule has 1 heterocycles. The summed E-state index contributed by atoms with van der Waals surface area (Å²) in [5.74, 6) is -0.392. The predicted octanol–water partition coefficient (Wildman–Crippen LogP) is 1.80. The zero-order valence-electron chi connectivity index (χ0n) is 14.4. The third-order valence-corrected chi connectivity index (χ3v) is 5.36. The van der Waals surface area contributed by atoms with Crippen LogP contribution in [0.5, 0.6) is 5.75 Å². The van der Waals surface area contributed by atoms with E-state index in [1.54, 1.807) is 0 Å². The van der Waals surface area contributed by atoms with Crippen LogP contribution in [0.25, 0.3) is 0 Å². The Balaban J connectivity index is 1.94. The van der Waals surface area contributed by atoms with Crippen molar-refractivity contribution in [2.75, 3.05) is 50.9 Å². The Morgan fingerprint density at radius 3 is 2.44 bits per heavy atom. The Labute approximate surface area is 160 Å². The van der Waals surface area contributed by atoms with Crippen molar-refractivity contribution in [2.45, 2.75) is 6.18 Å². The predicted molar refractivity (Wildman–Crippen MR) is 94.5 cm³/mol. The lowest BCUT2D eigenvalue weighted by atomic mass is 10.3. The van der Waals surface area contributed by atoms with Crippen LogP contribution < -0.4 is 10.1 Å². The molecule has 1 N–H and O–H groups in total. The molecule has 0 spiro atoms. The maximum atomic E-state index is 12.3. The highest BCUT2D eigenvalue weighted by Crippen LogP contribution is 2.29. The van der Waals surface area contributed by atoms with Gasteiger partial charge in [0.2, 0.25) is 15.9 Å². The third-order valence-electron chi connectivity index (χ3n) is 3.82. The summed E-state index contributed by atoms with van der Waals surface area (Å²) in [6, 6.07) is 4.03. The number of sulfonamides is 1. The van der Waals surface area contributed by atoms with Gasteiger partial charge in [-0.2, -0.15) is 17.5 Å². The molecule has 1 aromatic rings. The Kier molecular flexibility index (Phi) is 6.82. The molecule has 0 atom stereocenters. The van der Waals surface area contributed by atoms with Crippen molar-refractivity contribution in [3.8, 4) is 5.75 Å². The van der Waals surface area contributed by atoms with E-state index in [-0.39, 0.29) is 55.1 Å². The smallest absolute Gasteiger partial charge is 0.422 e. The molecule has 152 valence electrons. The molecule has 7 nitrogen and oxygen atoms in total. The van der Waals surface area contributed by atoms with Gasteiger partial charge in [0.15, 0.2) is 6.61 Å². The quantitative estimate of drug-likeness (QED) is 0.746. The molecule has 1 aliphatic rings. The minimum absolute atomic E-state index is 0.0774. The van der Waals surface area contributed by atoms with Crippen LogP contribution in [0, 0.1) is 0 Å². The zero-order chi connectivity index (χ0) is 20.2. The molecule has 12 heteroatoms. The van der Waals surface area contributed by atoms with Gasteiger partial charge in [0, 0.05) is 31.2 Å². The van der Waals surface area contributed by atoms with Crippen molar-refractivity contribution < 1.29 is 31.1 Å². The summed E-state index contributed by atoms with van der Waals surface area (Å²) >= 11 is 5.85. The van der Waals surface area contributed by atoms with E-state index < -0.39 is 22.8 Å². The SMILES string of the molecule is CS(=O)(=O)N1CCN(C(=O)CNc2cc(Cl)ccc2OCC(F)(F)F)CC1. The van der Waals surface area contributed by atoms with E-state index in [1.165, 1.54) is 27.4 Å². The van der Waals surface area contributed by atoms with Crippen LogP contribution >= 0.6 is 11.6 Å². The fraction of sp³-hybridized carbons (Fsp3) is 0.533. The monoisotopic (exact) mass is 429 g/mol. The Bertz CT molecular complexity index is 781. The number of hydrogen-bond donors (Lipinski definition) is 1. The number of carbonyl (C=O) groups is 1. The highest BCUT2D eigenvalue weighted by molar-refractivity contribution is 7.88. The number of alkyl halides is 3. The lowest BCUT2D eigenvalue weighted by Gasteiger charge is -2.33. The number of hydrogen-bond acceptors (Lipinski definition) is 5. The van der Waals surface area contributed by atoms with Crippen molar-refractivity contribution in [1.82, 2.24) is 9.21 Å². The molecule has 1 aliphatic heterocycles. The Morgan fingerprint density at radius 2 is 1.89 bits per heavy atom. The third kappa shape index (κ3) is 6.74. The van der Waals surface area contributed by atoms with Crippen molar-refractivity contribution in [3.05, 3.63) is 23.2 Å². The van der Waals surface area contributed by atoms with Gasteiger partial charge in [-0.1, -0.05) is 11.6 Å². The molecule has 1 fully saturated rings. The van der Waals surface area contributed by atoms with E-state index >= 15 is 0 Å². The van der Waals surface area contributed by atoms with Gasteiger partial charge in [0.1, 0.15) is 5.75 Å². The van der Waals surface area contributed by atoms with E-state index in [4.69, 9.17) is 16.3 Å². The van der Waals surface area contributed by atoms with Crippen LogP contribution in [0.3, 0.4) is 0 Å². The molecule has 1 aromatic carbocycles. The zero-order valence-corrected chi connectivity index (χ0v) is 16.0. The lowest BCUT2D eigenvalue weighted by Crippen LogP contribution is -2.51. The first-order valence-corrected chi connectivity index (χ1v) is 10.1. The maximum Gasteiger partial charge on any atom is 0.422 e. The van der Waals surface area contributed by atoms with Gasteiger partial charge < -0.3 is 15.0 Å². The molecule has 0 saturated carbocycles. The molecule has 0 bridgehead atoms. The summed E-state index contributed by atoms with van der Waals surface area (Å²) < 4.78 is 66.0. The minimum atomic E-state index is -4.49. The largest absolute Gasteiger partial charge is 0.482 e. The first-order chi connectivity index (χ1) is 12.5. The van der Waals surface area contributed by atoms with Crippen LogP contribution in [0.1, 0.15) is 0 Å². The molecule has 0 radical (unpaired) electrons. The Morgan fingerprint density at radius 1 is 1.26 bits per heavy atom. The van der Waals surface area contributed by atoms with Crippen LogP contribution in [-0.2, 0) is 14.8 Å². The van der Waals surface area contributed by atoms with E-state index in [0.29, 0.717) is 0 Å². The second kappa shape index (κ2) is 8.53. The summed E-state index contributed by atoms with van der Waals surface area (Å²) in [4.78, 5) is 13.8. The summed E-state index contributed by atoms with van der Waals surface area (Å²) in [5, 5.41) is 3.00. The van der Waals surface area contributed by atoms with E-state index in [0.717, 1.165) is 6.26 Å². The van der Waals surface area contributed by atoms with Gasteiger partial charge in [-0.25, -0.2) is 8.42 Å². The molecule has 2 rings (SSSR count). The number of anilines is 1. The molecule has 0 aromatic heterocycles. The molecule has 27 heavy (non-hydrogen) atoms. The van der Waals surface area contributed by atoms with E-state index in [9.17, 15) is 26.4 Å². The number of benzene rings is 1. The molecule has 0 aliphatic carbocycles. The lowest BCUT2D eigenvalue weighted by molar-refractivity contribution is -0.153. The molecular formula is C15H19ClF3N3O4S. The Hall–Kier alpha value is -1.72. The number of nitrogens with one attached hydrogen (secondary N) is 1. The molecule has 1 saturated heterocycles. The summed E-state index contributed by atoms with van der Waals surface area (Å²) in [7, 11) is -3.30. The fourth-order valence-corrected chi connectivity index (χ4v) is 3.48. The van der Waals surface area contributed by atoms with Crippen LogP contribution in [0.15, 0.2) is 18.2 Å². The normalized spacial score (nSPS) is 16.3. The van der Waals surface area contributed by atoms with E-state index in [2.05, 4.69) is 5.32 Å². The van der Waals surface area contributed by atoms with Crippen molar-refractivity contribution in [1.29, 1.82) is 0 Å². The van der Waals surface area contributed by atoms with Gasteiger partial charge in [-0.05, 0) is 18.2 Å². The number of halogens is 4. The van der Waals surface area contributed by atoms with Gasteiger partial charge >= 0.3 is 6.18 Å². The van der Waals surface area contributed by atoms with Gasteiger partial charge in [-0.3, -0.25) is 4.79 Å². The van der Waals surface area contributed by atoms with Crippen LogP contribution in [0.4, 0.5) is 18.9 Å². The van der Waals surface area contributed by atoms with Gasteiger partial charge in [0.25, 0.3) is 0 Å². The summed E-state index contributed by atoms with van der Waals surface area (Å²) in [6.45, 7) is -0.795. The molecule has 1 amide bonds. The number of rotatable bonds is 6. The fourth-order valence-electron chi connectivity index (χ4n) is 2.48. The highest BCUT2D eigenvalue weighted by Gasteiger charge is 2.29. The summed E-state index contributed by atoms with van der Waals surface area (Å²) in [6.07, 6.45) is -3.39. The van der Waals surface area contributed by atoms with Gasteiger partial charge in [0.05, 0.1) is 18.5 Å². The number of carbonyl (C=O) groups excluding carboxylic acids is 1. The number of amides is 1. The topological polar surface area (TPSA) is 79.0 Å². The average molecular weight is 430 g/mol. The van der Waals surface area contributed by atoms with Crippen molar-refractivity contribution in [3.63, 3.8) is 0 Å². The average Bonchev–Trinajstić information content (AvgIpc) is 2.57. The minimum Gasteiger partial charge on any atom is -0.482 e. The van der Waals surface area contributed by atoms with Crippen LogP contribution in [-0.4, -0.2) is 75.3 Å². The second-order valence-electron chi connectivity index (χ2n) is 5.94. The first-order valence-electron chi connectivity index (χ1n) is 7.91. The van der Waals surface area contributed by atoms with E-state index in [1.807, 2.05) is 0 Å². The second-order valence-corrected chi connectivity index (χ2v) is 8.36. The van der Waals surface area contributed by atoms with Crippen LogP contribution in [0.2, 0.25) is 5.02 Å². The highest BCUT2D eigenvalue weighted by atomic mass is 35.5. The number of piperazine rings is 1. The van der Waals surface area contributed by atoms with Crippen molar-refractivity contribution >= 4 is 33.2 Å². The molecular weight excluding hydrogens is 411 g/mol. The summed E-state index contributed by atoms with van der Waals surface area (Å²) in [5.41, 5.74) is 0.162. The van der Waals surface area contributed by atoms with Gasteiger partial charge in [-0.15, -0.1) is 0 Å².